The molecule has 1 aliphatic carbocycles. The zero-order chi connectivity index (χ0) is 29.2. The van der Waals surface area contributed by atoms with E-state index >= 15 is 0 Å². The number of carbonyl (C=O) groups excluding carboxylic acids is 1. The second-order valence-electron chi connectivity index (χ2n) is 9.43. The number of carbonyl (C=O) groups is 3. The molecule has 39 heavy (non-hydrogen) atoms. The maximum absolute atomic E-state index is 12.8. The highest BCUT2D eigenvalue weighted by molar-refractivity contribution is 5.79. The van der Waals surface area contributed by atoms with Crippen molar-refractivity contribution in [3.63, 3.8) is 0 Å². The maximum Gasteiger partial charge on any atom is 0.490 e. The van der Waals surface area contributed by atoms with E-state index in [0.29, 0.717) is 12.5 Å². The van der Waals surface area contributed by atoms with Crippen molar-refractivity contribution in [1.29, 1.82) is 0 Å². The molecular weight excluding hydrogens is 540 g/mol. The summed E-state index contributed by atoms with van der Waals surface area (Å²) in [5, 5.41) is 17.4. The number of amides is 1. The van der Waals surface area contributed by atoms with Gasteiger partial charge >= 0.3 is 24.3 Å². The van der Waals surface area contributed by atoms with Crippen molar-refractivity contribution in [2.75, 3.05) is 32.8 Å². The lowest BCUT2D eigenvalue weighted by Crippen LogP contribution is -2.53. The highest BCUT2D eigenvalue weighted by Gasteiger charge is 2.42. The first-order valence-electron chi connectivity index (χ1n) is 12.3. The van der Waals surface area contributed by atoms with Crippen molar-refractivity contribution in [3.8, 4) is 0 Å². The third-order valence-corrected chi connectivity index (χ3v) is 6.40. The van der Waals surface area contributed by atoms with E-state index in [0.717, 1.165) is 50.6 Å². The standard InChI is InChI=1S/C20H29N3O2.2C2HF3O2/c24-20(22-10-6-16-3-1-2-9-21-16)17-8-12-25-19-7-11-23(14-18(17)19)13-15-4-5-15;2*3-2(4,5)1(6)7/h1-3,9,15,17-19H,4-8,10-14H2,(H,22,24);2*(H,6,7)/t17-,18+,19-;;/m0../s1. The second-order valence-corrected chi connectivity index (χ2v) is 9.43. The van der Waals surface area contributed by atoms with Crippen LogP contribution in [0.15, 0.2) is 24.4 Å². The molecule has 0 unspecified atom stereocenters. The van der Waals surface area contributed by atoms with E-state index in [4.69, 9.17) is 24.5 Å². The molecule has 1 saturated carbocycles. The summed E-state index contributed by atoms with van der Waals surface area (Å²) < 4.78 is 69.5. The number of halogens is 6. The molecule has 15 heteroatoms. The Bertz CT molecular complexity index is 919. The lowest BCUT2D eigenvalue weighted by molar-refractivity contribution is -0.193. The molecule has 3 heterocycles. The number of fused-ring (bicyclic) bond motifs is 1. The van der Waals surface area contributed by atoms with Gasteiger partial charge in [0.15, 0.2) is 0 Å². The molecule has 1 aromatic heterocycles. The topological polar surface area (TPSA) is 129 Å². The monoisotopic (exact) mass is 571 g/mol. The summed E-state index contributed by atoms with van der Waals surface area (Å²) in [6.07, 6.45) is -2.59. The molecule has 0 radical (unpaired) electrons. The third kappa shape index (κ3) is 11.8. The number of nitrogens with zero attached hydrogens (tertiary/aromatic N) is 2. The minimum absolute atomic E-state index is 0.101. The Morgan fingerprint density at radius 3 is 2.13 bits per heavy atom. The number of likely N-dealkylation sites (tertiary alicyclic amines) is 1. The van der Waals surface area contributed by atoms with Crippen LogP contribution in [0.1, 0.15) is 31.4 Å². The van der Waals surface area contributed by atoms with E-state index in [1.807, 2.05) is 18.2 Å². The average molecular weight is 572 g/mol. The summed E-state index contributed by atoms with van der Waals surface area (Å²) in [5.41, 5.74) is 1.03. The first-order chi connectivity index (χ1) is 18.2. The Morgan fingerprint density at radius 1 is 1.00 bits per heavy atom. The zero-order valence-corrected chi connectivity index (χ0v) is 20.9. The number of hydrogen-bond acceptors (Lipinski definition) is 6. The van der Waals surface area contributed by atoms with Gasteiger partial charge in [-0.25, -0.2) is 9.59 Å². The first-order valence-corrected chi connectivity index (χ1v) is 12.3. The van der Waals surface area contributed by atoms with Crippen LogP contribution in [0.4, 0.5) is 26.3 Å². The third-order valence-electron chi connectivity index (χ3n) is 6.40. The molecule has 3 atom stereocenters. The molecule has 220 valence electrons. The number of carboxylic acid groups (broad SMARTS) is 2. The minimum Gasteiger partial charge on any atom is -0.475 e. The molecule has 2 saturated heterocycles. The lowest BCUT2D eigenvalue weighted by Gasteiger charge is -2.44. The number of alkyl halides is 6. The molecule has 3 N–H and O–H groups in total. The van der Waals surface area contributed by atoms with Gasteiger partial charge < -0.3 is 25.2 Å². The van der Waals surface area contributed by atoms with Gasteiger partial charge in [-0.1, -0.05) is 6.07 Å². The van der Waals surface area contributed by atoms with Crippen LogP contribution in [0, 0.1) is 17.8 Å². The summed E-state index contributed by atoms with van der Waals surface area (Å²) in [4.78, 5) is 37.5. The van der Waals surface area contributed by atoms with Crippen LogP contribution in [-0.4, -0.2) is 89.2 Å². The molecule has 3 fully saturated rings. The normalized spacial score (nSPS) is 23.2. The summed E-state index contributed by atoms with van der Waals surface area (Å²) in [5.74, 6) is -3.94. The first kappa shape index (κ1) is 32.3. The van der Waals surface area contributed by atoms with Crippen LogP contribution in [-0.2, 0) is 25.5 Å². The Balaban J connectivity index is 0.000000317. The Kier molecular flexibility index (Phi) is 12.0. The molecule has 4 rings (SSSR count). The van der Waals surface area contributed by atoms with Crippen molar-refractivity contribution in [1.82, 2.24) is 15.2 Å². The van der Waals surface area contributed by atoms with E-state index in [9.17, 15) is 31.1 Å². The molecular formula is C24H31F6N3O6. The van der Waals surface area contributed by atoms with E-state index in [1.165, 1.54) is 19.4 Å². The van der Waals surface area contributed by atoms with Crippen molar-refractivity contribution < 1.29 is 55.7 Å². The summed E-state index contributed by atoms with van der Waals surface area (Å²) >= 11 is 0. The Labute approximate surface area is 220 Å². The number of carboxylic acids is 2. The molecule has 0 aromatic carbocycles. The number of ether oxygens (including phenoxy) is 1. The van der Waals surface area contributed by atoms with Gasteiger partial charge in [-0.3, -0.25) is 9.78 Å². The fraction of sp³-hybridized carbons (Fsp3) is 0.667. The van der Waals surface area contributed by atoms with Gasteiger partial charge in [0.1, 0.15) is 0 Å². The van der Waals surface area contributed by atoms with Gasteiger partial charge in [0, 0.05) is 62.9 Å². The smallest absolute Gasteiger partial charge is 0.475 e. The molecule has 0 bridgehead atoms. The van der Waals surface area contributed by atoms with Crippen LogP contribution >= 0.6 is 0 Å². The largest absolute Gasteiger partial charge is 0.490 e. The van der Waals surface area contributed by atoms with Gasteiger partial charge in [-0.05, 0) is 43.7 Å². The number of aliphatic carboxylic acids is 2. The van der Waals surface area contributed by atoms with Crippen molar-refractivity contribution in [3.05, 3.63) is 30.1 Å². The SMILES string of the molecule is O=C(NCCc1ccccn1)[C@H]1CCO[C@H]2CCN(CC3CC3)C[C@@H]21.O=C(O)C(F)(F)F.O=C(O)C(F)(F)F. The van der Waals surface area contributed by atoms with Crippen LogP contribution in [0.25, 0.3) is 0 Å². The van der Waals surface area contributed by atoms with E-state index in [2.05, 4.69) is 15.2 Å². The highest BCUT2D eigenvalue weighted by atomic mass is 19.4. The molecule has 9 nitrogen and oxygen atoms in total. The number of hydrogen-bond donors (Lipinski definition) is 3. The molecule has 0 spiro atoms. The van der Waals surface area contributed by atoms with Crippen LogP contribution < -0.4 is 5.32 Å². The minimum atomic E-state index is -5.08. The summed E-state index contributed by atoms with van der Waals surface area (Å²) in [6.45, 7) is 4.76. The number of aromatic nitrogens is 1. The fourth-order valence-electron chi connectivity index (χ4n) is 4.33. The summed E-state index contributed by atoms with van der Waals surface area (Å²) in [7, 11) is 0. The van der Waals surface area contributed by atoms with Crippen LogP contribution in [0.3, 0.4) is 0 Å². The van der Waals surface area contributed by atoms with Crippen molar-refractivity contribution >= 4 is 17.8 Å². The van der Waals surface area contributed by atoms with Crippen LogP contribution in [0.5, 0.6) is 0 Å². The van der Waals surface area contributed by atoms with E-state index < -0.39 is 24.3 Å². The Hall–Kier alpha value is -2.94. The number of pyridine rings is 1. The quantitative estimate of drug-likeness (QED) is 0.445. The predicted octanol–water partition coefficient (Wildman–Crippen LogP) is 3.14. The number of rotatable bonds is 6. The van der Waals surface area contributed by atoms with Gasteiger partial charge in [0.2, 0.25) is 5.91 Å². The van der Waals surface area contributed by atoms with Gasteiger partial charge in [-0.15, -0.1) is 0 Å². The van der Waals surface area contributed by atoms with Crippen molar-refractivity contribution in [2.45, 2.75) is 50.6 Å². The second kappa shape index (κ2) is 14.4. The number of nitrogens with one attached hydrogen (secondary N) is 1. The van der Waals surface area contributed by atoms with Gasteiger partial charge in [-0.2, -0.15) is 26.3 Å². The maximum atomic E-state index is 12.8. The summed E-state index contributed by atoms with van der Waals surface area (Å²) in [6, 6.07) is 5.91. The number of piperidine rings is 1. The average Bonchev–Trinajstić information content (AvgIpc) is 3.68. The van der Waals surface area contributed by atoms with E-state index in [-0.39, 0.29) is 17.9 Å². The lowest BCUT2D eigenvalue weighted by atomic mass is 9.79. The predicted molar refractivity (Wildman–Crippen MR) is 123 cm³/mol. The molecule has 3 aliphatic rings. The van der Waals surface area contributed by atoms with Crippen molar-refractivity contribution in [2.24, 2.45) is 17.8 Å². The Morgan fingerprint density at radius 2 is 1.62 bits per heavy atom. The molecule has 1 amide bonds. The van der Waals surface area contributed by atoms with E-state index in [1.54, 1.807) is 6.20 Å². The molecule has 1 aromatic rings. The molecule has 2 aliphatic heterocycles. The fourth-order valence-corrected chi connectivity index (χ4v) is 4.33. The zero-order valence-electron chi connectivity index (χ0n) is 20.9. The van der Waals surface area contributed by atoms with Gasteiger partial charge in [0.25, 0.3) is 0 Å². The highest BCUT2D eigenvalue weighted by Crippen LogP contribution is 2.36. The van der Waals surface area contributed by atoms with Crippen LogP contribution in [0.2, 0.25) is 0 Å². The van der Waals surface area contributed by atoms with Gasteiger partial charge in [0.05, 0.1) is 6.10 Å².